The van der Waals surface area contributed by atoms with E-state index < -0.39 is 0 Å². The van der Waals surface area contributed by atoms with Crippen LogP contribution in [0.5, 0.6) is 5.75 Å². The first kappa shape index (κ1) is 12.2. The average molecular weight is 188 g/mol. The Morgan fingerprint density at radius 2 is 1.64 bits per heavy atom. The van der Waals surface area contributed by atoms with E-state index in [1.165, 1.54) is 0 Å². The van der Waals surface area contributed by atoms with Crippen LogP contribution < -0.4 is 4.74 Å². The number of hydrogen-bond acceptors (Lipinski definition) is 1. The van der Waals surface area contributed by atoms with E-state index in [1.54, 1.807) is 25.3 Å². The average Bonchev–Trinajstić information content (AvgIpc) is 2.29. The molecule has 14 heavy (non-hydrogen) atoms. The van der Waals surface area contributed by atoms with Gasteiger partial charge in [-0.3, -0.25) is 0 Å². The van der Waals surface area contributed by atoms with Gasteiger partial charge in [0.15, 0.2) is 0 Å². The van der Waals surface area contributed by atoms with E-state index in [2.05, 4.69) is 19.7 Å². The van der Waals surface area contributed by atoms with Gasteiger partial charge in [-0.05, 0) is 6.07 Å². The fraction of sp³-hybridized carbons (Fsp3) is 0.0769. The highest BCUT2D eigenvalue weighted by Crippen LogP contribution is 2.17. The summed E-state index contributed by atoms with van der Waals surface area (Å²) in [5.41, 5.74) is 1.03. The molecule has 1 aromatic carbocycles. The van der Waals surface area contributed by atoms with Crippen LogP contribution in [0.4, 0.5) is 0 Å². The second-order valence-corrected chi connectivity index (χ2v) is 2.42. The molecule has 0 radical (unpaired) electrons. The zero-order chi connectivity index (χ0) is 10.8. The zero-order valence-electron chi connectivity index (χ0n) is 8.57. The molecule has 1 heteroatoms. The molecule has 0 saturated heterocycles. The molecule has 0 aliphatic heterocycles. The van der Waals surface area contributed by atoms with Gasteiger partial charge in [0.1, 0.15) is 5.75 Å². The monoisotopic (exact) mass is 188 g/mol. The van der Waals surface area contributed by atoms with E-state index in [-0.39, 0.29) is 0 Å². The minimum atomic E-state index is 0.873. The molecule has 0 amide bonds. The van der Waals surface area contributed by atoms with E-state index in [9.17, 15) is 0 Å². The van der Waals surface area contributed by atoms with E-state index >= 15 is 0 Å². The minimum absolute atomic E-state index is 0.873. The van der Waals surface area contributed by atoms with Crippen LogP contribution in [0.3, 0.4) is 0 Å². The number of para-hydroxylation sites is 1. The summed E-state index contributed by atoms with van der Waals surface area (Å²) in [4.78, 5) is 0. The normalized spacial score (nSPS) is 7.79. The van der Waals surface area contributed by atoms with Gasteiger partial charge in [0.05, 0.1) is 7.11 Å². The minimum Gasteiger partial charge on any atom is -0.496 e. The summed E-state index contributed by atoms with van der Waals surface area (Å²) in [7, 11) is 1.66. The van der Waals surface area contributed by atoms with Crippen LogP contribution in [0.15, 0.2) is 56.2 Å². The van der Waals surface area contributed by atoms with Crippen LogP contribution in [-0.2, 0) is 0 Å². The lowest BCUT2D eigenvalue weighted by Gasteiger charge is -2.01. The Bertz CT molecular complexity index is 294. The molecule has 0 N–H and O–H groups in total. The predicted octanol–water partition coefficient (Wildman–Crippen LogP) is 3.70. The van der Waals surface area contributed by atoms with Gasteiger partial charge in [0.25, 0.3) is 0 Å². The third kappa shape index (κ3) is 4.31. The van der Waals surface area contributed by atoms with Crippen molar-refractivity contribution in [3.63, 3.8) is 0 Å². The fourth-order valence-electron chi connectivity index (χ4n) is 0.835. The van der Waals surface area contributed by atoms with Crippen LogP contribution >= 0.6 is 0 Å². The molecule has 0 aliphatic rings. The quantitative estimate of drug-likeness (QED) is 0.657. The summed E-state index contributed by atoms with van der Waals surface area (Å²) in [6, 6.07) is 7.77. The maximum Gasteiger partial charge on any atom is 0.126 e. The summed E-state index contributed by atoms with van der Waals surface area (Å²) < 4.78 is 5.06. The number of benzene rings is 1. The van der Waals surface area contributed by atoms with Gasteiger partial charge in [0, 0.05) is 5.56 Å². The zero-order valence-corrected chi connectivity index (χ0v) is 8.57. The van der Waals surface area contributed by atoms with E-state index in [4.69, 9.17) is 4.74 Å². The molecule has 0 aliphatic carbocycles. The molecule has 1 aromatic rings. The highest BCUT2D eigenvalue weighted by molar-refractivity contribution is 5.55. The molecular weight excluding hydrogens is 172 g/mol. The predicted molar refractivity (Wildman–Crippen MR) is 63.5 cm³/mol. The van der Waals surface area contributed by atoms with Crippen molar-refractivity contribution in [3.8, 4) is 5.75 Å². The molecule has 0 unspecified atom stereocenters. The van der Waals surface area contributed by atoms with Gasteiger partial charge in [-0.25, -0.2) is 0 Å². The lowest BCUT2D eigenvalue weighted by Crippen LogP contribution is -1.84. The second kappa shape index (κ2) is 7.87. The van der Waals surface area contributed by atoms with Gasteiger partial charge < -0.3 is 4.74 Å². The summed E-state index contributed by atoms with van der Waals surface area (Å²) in [5, 5.41) is 0. The molecule has 0 bridgehead atoms. The topological polar surface area (TPSA) is 9.23 Å². The van der Waals surface area contributed by atoms with Crippen molar-refractivity contribution in [2.24, 2.45) is 0 Å². The molecule has 1 nitrogen and oxygen atoms in total. The Morgan fingerprint density at radius 3 is 2.00 bits per heavy atom. The third-order valence-electron chi connectivity index (χ3n) is 1.53. The number of rotatable bonds is 3. The Balaban J connectivity index is 0.000000364. The van der Waals surface area contributed by atoms with Gasteiger partial charge in [0.2, 0.25) is 0 Å². The van der Waals surface area contributed by atoms with Crippen LogP contribution in [0, 0.1) is 0 Å². The molecule has 0 aromatic heterocycles. The van der Waals surface area contributed by atoms with Gasteiger partial charge >= 0.3 is 0 Å². The fourth-order valence-corrected chi connectivity index (χ4v) is 0.835. The van der Waals surface area contributed by atoms with E-state index in [1.807, 2.05) is 24.3 Å². The second-order valence-electron chi connectivity index (χ2n) is 2.42. The van der Waals surface area contributed by atoms with Crippen LogP contribution in [-0.4, -0.2) is 7.11 Å². The largest absolute Gasteiger partial charge is 0.496 e. The van der Waals surface area contributed by atoms with Crippen LogP contribution in [0.1, 0.15) is 5.56 Å². The van der Waals surface area contributed by atoms with Crippen molar-refractivity contribution in [2.45, 2.75) is 0 Å². The molecule has 74 valence electrons. The first-order valence-corrected chi connectivity index (χ1v) is 4.29. The van der Waals surface area contributed by atoms with Gasteiger partial charge in [-0.15, -0.1) is 0 Å². The van der Waals surface area contributed by atoms with Crippen molar-refractivity contribution in [1.82, 2.24) is 0 Å². The van der Waals surface area contributed by atoms with Crippen molar-refractivity contribution in [3.05, 3.63) is 61.7 Å². The molecule has 0 heterocycles. The molecule has 0 atom stereocenters. The summed E-state index contributed by atoms with van der Waals surface area (Å²) in [6.45, 7) is 10.4. The Kier molecular flexibility index (Phi) is 6.88. The maximum atomic E-state index is 5.06. The highest BCUT2D eigenvalue weighted by atomic mass is 16.5. The molecule has 1 rings (SSSR count). The molecule has 0 fully saturated rings. The lowest BCUT2D eigenvalue weighted by molar-refractivity contribution is 0.414. The Morgan fingerprint density at radius 1 is 1.07 bits per heavy atom. The number of methoxy groups -OCH3 is 1. The van der Waals surface area contributed by atoms with Crippen molar-refractivity contribution < 1.29 is 4.74 Å². The first-order valence-electron chi connectivity index (χ1n) is 4.29. The van der Waals surface area contributed by atoms with Crippen LogP contribution in [0.2, 0.25) is 0 Å². The number of hydrogen-bond donors (Lipinski definition) is 0. The number of allylic oxidation sites excluding steroid dienone is 2. The first-order chi connectivity index (χ1) is 6.79. The van der Waals surface area contributed by atoms with E-state index in [0.717, 1.165) is 11.3 Å². The summed E-state index contributed by atoms with van der Waals surface area (Å²) in [5.74, 6) is 0.873. The van der Waals surface area contributed by atoms with Crippen molar-refractivity contribution in [1.29, 1.82) is 0 Å². The molecule has 0 spiro atoms. The standard InChI is InChI=1S/C9H10O.C4H6/c1-3-8-6-4-5-7-9(8)10-2;1-3-4-2/h3-7H,1H2,2H3;3-4H,1-2H2. The molecular formula is C13H16O. The van der Waals surface area contributed by atoms with E-state index in [0.29, 0.717) is 0 Å². The Hall–Kier alpha value is -1.76. The SMILES string of the molecule is C=CC=C.C=Cc1ccccc1OC. The van der Waals surface area contributed by atoms with Gasteiger partial charge in [-0.2, -0.15) is 0 Å². The number of ether oxygens (including phenoxy) is 1. The third-order valence-corrected chi connectivity index (χ3v) is 1.53. The summed E-state index contributed by atoms with van der Waals surface area (Å²) in [6.07, 6.45) is 5.05. The van der Waals surface area contributed by atoms with Gasteiger partial charge in [-0.1, -0.05) is 56.2 Å². The van der Waals surface area contributed by atoms with Crippen molar-refractivity contribution in [2.75, 3.05) is 7.11 Å². The smallest absolute Gasteiger partial charge is 0.126 e. The lowest BCUT2D eigenvalue weighted by atomic mass is 10.2. The van der Waals surface area contributed by atoms with Crippen LogP contribution in [0.25, 0.3) is 6.08 Å². The Labute approximate surface area is 86.0 Å². The maximum absolute atomic E-state index is 5.06. The summed E-state index contributed by atoms with van der Waals surface area (Å²) >= 11 is 0. The van der Waals surface area contributed by atoms with Crippen molar-refractivity contribution >= 4 is 6.08 Å². The highest BCUT2D eigenvalue weighted by Gasteiger charge is 1.93. The molecule has 0 saturated carbocycles.